The summed E-state index contributed by atoms with van der Waals surface area (Å²) >= 11 is 5.68. The predicted octanol–water partition coefficient (Wildman–Crippen LogP) is 2.17. The van der Waals surface area contributed by atoms with Crippen molar-refractivity contribution in [3.8, 4) is 0 Å². The van der Waals surface area contributed by atoms with Crippen molar-refractivity contribution < 1.29 is 26.0 Å². The highest BCUT2D eigenvalue weighted by molar-refractivity contribution is 7.89. The number of nitrogens with one attached hydrogen (secondary N) is 1. The summed E-state index contributed by atoms with van der Waals surface area (Å²) in [5.41, 5.74) is 0.170. The summed E-state index contributed by atoms with van der Waals surface area (Å²) in [6, 6.07) is 4.48. The van der Waals surface area contributed by atoms with Gasteiger partial charge in [-0.05, 0) is 12.1 Å². The molecule has 0 saturated carbocycles. The summed E-state index contributed by atoms with van der Waals surface area (Å²) in [5.74, 6) is -4.49. The Balaban J connectivity index is 2.37. The molecule has 116 valence electrons. The highest BCUT2D eigenvalue weighted by Gasteiger charge is 2.42. The standard InChI is InChI=1S/C10H8ClF4N3O2S/c11-7-8(18-4-2-1-3-6(18)17-7)21(19,20)16-5-10(14,15)9(12)13/h1-4,9,16H,5H2. The molecule has 2 heterocycles. The summed E-state index contributed by atoms with van der Waals surface area (Å²) in [6.07, 6.45) is -2.69. The molecule has 0 amide bonds. The maximum atomic E-state index is 12.8. The smallest absolute Gasteiger partial charge is 0.288 e. The Labute approximate surface area is 121 Å². The summed E-state index contributed by atoms with van der Waals surface area (Å²) in [5, 5.41) is -1.04. The monoisotopic (exact) mass is 345 g/mol. The first-order chi connectivity index (χ1) is 9.65. The van der Waals surface area contributed by atoms with Gasteiger partial charge in [0.25, 0.3) is 10.0 Å². The van der Waals surface area contributed by atoms with E-state index in [1.165, 1.54) is 23.1 Å². The van der Waals surface area contributed by atoms with Crippen LogP contribution in [0.3, 0.4) is 0 Å². The third-order valence-corrected chi connectivity index (χ3v) is 4.32. The van der Waals surface area contributed by atoms with Gasteiger partial charge in [-0.25, -0.2) is 26.9 Å². The van der Waals surface area contributed by atoms with Gasteiger partial charge >= 0.3 is 12.3 Å². The quantitative estimate of drug-likeness (QED) is 0.845. The minimum Gasteiger partial charge on any atom is -0.288 e. The fourth-order valence-electron chi connectivity index (χ4n) is 1.52. The number of hydrogen-bond acceptors (Lipinski definition) is 3. The van der Waals surface area contributed by atoms with E-state index in [1.807, 2.05) is 0 Å². The molecule has 0 aromatic carbocycles. The van der Waals surface area contributed by atoms with Crippen LogP contribution in [0.5, 0.6) is 0 Å². The fraction of sp³-hybridized carbons (Fsp3) is 0.300. The van der Waals surface area contributed by atoms with Gasteiger partial charge in [0, 0.05) is 6.20 Å². The molecular weight excluding hydrogens is 338 g/mol. The van der Waals surface area contributed by atoms with E-state index in [4.69, 9.17) is 11.6 Å². The van der Waals surface area contributed by atoms with Crippen LogP contribution in [-0.2, 0) is 10.0 Å². The molecule has 0 aliphatic carbocycles. The van der Waals surface area contributed by atoms with Crippen LogP contribution in [0, 0.1) is 0 Å². The van der Waals surface area contributed by atoms with Crippen molar-refractivity contribution >= 4 is 27.3 Å². The van der Waals surface area contributed by atoms with Crippen LogP contribution in [-0.4, -0.2) is 36.7 Å². The first kappa shape index (κ1) is 16.0. The maximum absolute atomic E-state index is 12.8. The lowest BCUT2D eigenvalue weighted by atomic mass is 10.4. The van der Waals surface area contributed by atoms with Crippen LogP contribution in [0.15, 0.2) is 29.4 Å². The molecule has 0 saturated heterocycles. The fourth-order valence-corrected chi connectivity index (χ4v) is 3.20. The van der Waals surface area contributed by atoms with E-state index < -0.39 is 39.1 Å². The molecule has 0 aliphatic heterocycles. The Morgan fingerprint density at radius 3 is 2.67 bits per heavy atom. The minimum atomic E-state index is -4.54. The summed E-state index contributed by atoms with van der Waals surface area (Å²) in [4.78, 5) is 3.73. The number of fused-ring (bicyclic) bond motifs is 1. The number of alkyl halides is 4. The van der Waals surface area contributed by atoms with Gasteiger partial charge in [0.05, 0.1) is 6.54 Å². The summed E-state index contributed by atoms with van der Waals surface area (Å²) < 4.78 is 76.1. The summed E-state index contributed by atoms with van der Waals surface area (Å²) in [7, 11) is -4.54. The highest BCUT2D eigenvalue weighted by Crippen LogP contribution is 2.25. The maximum Gasteiger partial charge on any atom is 0.320 e. The normalized spacial score (nSPS) is 13.2. The number of halogens is 5. The molecule has 0 spiro atoms. The number of hydrogen-bond donors (Lipinski definition) is 1. The largest absolute Gasteiger partial charge is 0.320 e. The minimum absolute atomic E-state index is 0.170. The number of aromatic nitrogens is 2. The predicted molar refractivity (Wildman–Crippen MR) is 66.3 cm³/mol. The number of imidazole rings is 1. The second-order valence-electron chi connectivity index (χ2n) is 4.02. The molecule has 21 heavy (non-hydrogen) atoms. The van der Waals surface area contributed by atoms with E-state index in [1.54, 1.807) is 6.07 Å². The van der Waals surface area contributed by atoms with Gasteiger partial charge in [-0.1, -0.05) is 17.7 Å². The van der Waals surface area contributed by atoms with E-state index >= 15 is 0 Å². The number of nitrogens with zero attached hydrogens (tertiary/aromatic N) is 2. The average molecular weight is 346 g/mol. The molecular formula is C10H8ClF4N3O2S. The van der Waals surface area contributed by atoms with Crippen LogP contribution in [0.1, 0.15) is 0 Å². The van der Waals surface area contributed by atoms with E-state index in [0.717, 1.165) is 4.40 Å². The van der Waals surface area contributed by atoms with Gasteiger partial charge < -0.3 is 0 Å². The van der Waals surface area contributed by atoms with Gasteiger partial charge in [-0.3, -0.25) is 4.40 Å². The average Bonchev–Trinajstić information content (AvgIpc) is 2.73. The van der Waals surface area contributed by atoms with Crippen LogP contribution in [0.4, 0.5) is 17.6 Å². The molecule has 0 unspecified atom stereocenters. The number of pyridine rings is 1. The Hall–Kier alpha value is -1.39. The zero-order valence-electron chi connectivity index (χ0n) is 10.1. The molecule has 0 bridgehead atoms. The summed E-state index contributed by atoms with van der Waals surface area (Å²) in [6.45, 7) is -1.75. The Bertz CT molecular complexity index is 763. The van der Waals surface area contributed by atoms with Crippen LogP contribution in [0.25, 0.3) is 5.65 Å². The van der Waals surface area contributed by atoms with Crippen molar-refractivity contribution in [2.75, 3.05) is 6.54 Å². The van der Waals surface area contributed by atoms with Gasteiger partial charge in [0.2, 0.25) is 0 Å². The Morgan fingerprint density at radius 2 is 2.05 bits per heavy atom. The molecule has 1 N–H and O–H groups in total. The van der Waals surface area contributed by atoms with Crippen LogP contribution < -0.4 is 4.72 Å². The number of sulfonamides is 1. The van der Waals surface area contributed by atoms with E-state index in [9.17, 15) is 26.0 Å². The first-order valence-corrected chi connectivity index (χ1v) is 7.29. The zero-order valence-corrected chi connectivity index (χ0v) is 11.7. The second kappa shape index (κ2) is 5.43. The highest BCUT2D eigenvalue weighted by atomic mass is 35.5. The molecule has 11 heteroatoms. The molecule has 0 aliphatic rings. The molecule has 2 aromatic rings. The molecule has 2 rings (SSSR count). The Kier molecular flexibility index (Phi) is 4.13. The van der Waals surface area contributed by atoms with E-state index in [-0.39, 0.29) is 5.65 Å². The lowest BCUT2D eigenvalue weighted by molar-refractivity contribution is -0.122. The van der Waals surface area contributed by atoms with Gasteiger partial charge in [-0.2, -0.15) is 8.78 Å². The van der Waals surface area contributed by atoms with E-state index in [0.29, 0.717) is 0 Å². The van der Waals surface area contributed by atoms with Gasteiger partial charge in [0.1, 0.15) is 5.65 Å². The third-order valence-electron chi connectivity index (χ3n) is 2.52. The van der Waals surface area contributed by atoms with Crippen molar-refractivity contribution in [2.24, 2.45) is 0 Å². The molecule has 0 radical (unpaired) electrons. The molecule has 0 fully saturated rings. The van der Waals surface area contributed by atoms with Crippen molar-refractivity contribution in [1.29, 1.82) is 0 Å². The topological polar surface area (TPSA) is 63.5 Å². The van der Waals surface area contributed by atoms with Crippen molar-refractivity contribution in [2.45, 2.75) is 17.4 Å². The molecule has 0 atom stereocenters. The lowest BCUT2D eigenvalue weighted by Gasteiger charge is -2.15. The van der Waals surface area contributed by atoms with Crippen molar-refractivity contribution in [3.63, 3.8) is 0 Å². The van der Waals surface area contributed by atoms with Gasteiger partial charge in [0.15, 0.2) is 10.2 Å². The zero-order chi connectivity index (χ0) is 15.8. The SMILES string of the molecule is O=S(=O)(NCC(F)(F)C(F)F)c1c(Cl)nc2ccccn12. The van der Waals surface area contributed by atoms with Crippen LogP contribution >= 0.6 is 11.6 Å². The van der Waals surface area contributed by atoms with Crippen molar-refractivity contribution in [3.05, 3.63) is 29.5 Å². The molecule has 2 aromatic heterocycles. The lowest BCUT2D eigenvalue weighted by Crippen LogP contribution is -2.41. The van der Waals surface area contributed by atoms with Crippen molar-refractivity contribution in [1.82, 2.24) is 14.1 Å². The van der Waals surface area contributed by atoms with E-state index in [2.05, 4.69) is 4.98 Å². The second-order valence-corrected chi connectivity index (χ2v) is 6.06. The Morgan fingerprint density at radius 1 is 1.38 bits per heavy atom. The number of rotatable bonds is 5. The third kappa shape index (κ3) is 3.11. The first-order valence-electron chi connectivity index (χ1n) is 5.43. The van der Waals surface area contributed by atoms with Crippen LogP contribution in [0.2, 0.25) is 5.15 Å². The molecule has 5 nitrogen and oxygen atoms in total. The van der Waals surface area contributed by atoms with Gasteiger partial charge in [-0.15, -0.1) is 0 Å².